The molecule has 0 fully saturated rings. The smallest absolute Gasteiger partial charge is 0.326 e. The van der Waals surface area contributed by atoms with Gasteiger partial charge in [-0.3, -0.25) is 23.5 Å². The van der Waals surface area contributed by atoms with Gasteiger partial charge in [0, 0.05) is 19.7 Å². The average Bonchev–Trinajstić information content (AvgIpc) is 2.92. The molecule has 1 aliphatic heterocycles. The molecule has 0 radical (unpaired) electrons. The lowest BCUT2D eigenvalue weighted by atomic mass is 9.91. The Balaban J connectivity index is 2.27. The number of carbonyl (C=O) groups excluding carboxylic acids is 2. The normalized spacial score (nSPS) is 18.6. The lowest BCUT2D eigenvalue weighted by Gasteiger charge is -2.30. The summed E-state index contributed by atoms with van der Waals surface area (Å²) in [5.74, 6) is -3.48. The molecule has 1 aromatic heterocycles. The number of carbonyl (C=O) groups is 2. The third kappa shape index (κ3) is 2.53. The van der Waals surface area contributed by atoms with Crippen molar-refractivity contribution in [1.29, 1.82) is 0 Å². The van der Waals surface area contributed by atoms with Gasteiger partial charge in [-0.2, -0.15) is 13.2 Å². The first kappa shape index (κ1) is 19.4. The lowest BCUT2D eigenvalue weighted by molar-refractivity contribution is -0.196. The van der Waals surface area contributed by atoms with Crippen molar-refractivity contribution in [1.82, 2.24) is 14.5 Å². The highest BCUT2D eigenvalue weighted by Crippen LogP contribution is 2.44. The second-order valence-corrected chi connectivity index (χ2v) is 6.45. The molecule has 0 bridgehead atoms. The molecular formula is C17H15F3N4O4. The number of nitrogens with one attached hydrogen (secondary N) is 2. The highest BCUT2D eigenvalue weighted by Gasteiger charge is 2.68. The largest absolute Gasteiger partial charge is 0.425 e. The number of alkyl halides is 3. The Labute approximate surface area is 155 Å². The van der Waals surface area contributed by atoms with Crippen LogP contribution in [-0.4, -0.2) is 27.1 Å². The third-order valence-electron chi connectivity index (χ3n) is 4.65. The van der Waals surface area contributed by atoms with Crippen LogP contribution in [0.3, 0.4) is 0 Å². The summed E-state index contributed by atoms with van der Waals surface area (Å²) in [6.07, 6.45) is -5.35. The summed E-state index contributed by atoms with van der Waals surface area (Å²) < 4.78 is 43.5. The molecule has 0 saturated carbocycles. The van der Waals surface area contributed by atoms with Crippen LogP contribution in [0.4, 0.5) is 19.0 Å². The number of fused-ring (bicyclic) bond motifs is 1. The summed E-state index contributed by atoms with van der Waals surface area (Å²) in [5.41, 5.74) is -6.31. The van der Waals surface area contributed by atoms with Crippen molar-refractivity contribution in [2.24, 2.45) is 14.1 Å². The number of aromatic nitrogens is 2. The number of aryl methyl sites for hydroxylation is 1. The van der Waals surface area contributed by atoms with Gasteiger partial charge in [0.1, 0.15) is 11.4 Å². The molecule has 2 N–H and O–H groups in total. The van der Waals surface area contributed by atoms with E-state index in [-0.39, 0.29) is 5.56 Å². The van der Waals surface area contributed by atoms with Gasteiger partial charge >= 0.3 is 11.9 Å². The molecule has 1 aliphatic rings. The van der Waals surface area contributed by atoms with Gasteiger partial charge in [-0.05, 0) is 19.1 Å². The number of halogens is 3. The number of amides is 2. The van der Waals surface area contributed by atoms with Crippen LogP contribution in [0.5, 0.6) is 0 Å². The van der Waals surface area contributed by atoms with Gasteiger partial charge in [-0.25, -0.2) is 4.79 Å². The average molecular weight is 396 g/mol. The van der Waals surface area contributed by atoms with Crippen molar-refractivity contribution < 1.29 is 22.8 Å². The number of hydrogen-bond donors (Lipinski definition) is 2. The van der Waals surface area contributed by atoms with Crippen LogP contribution in [0.2, 0.25) is 0 Å². The van der Waals surface area contributed by atoms with Crippen LogP contribution in [0.15, 0.2) is 33.9 Å². The van der Waals surface area contributed by atoms with Crippen LogP contribution in [0.25, 0.3) is 0 Å². The maximum atomic E-state index is 14.1. The predicted molar refractivity (Wildman–Crippen MR) is 91.9 cm³/mol. The van der Waals surface area contributed by atoms with Crippen molar-refractivity contribution in [3.05, 3.63) is 61.8 Å². The van der Waals surface area contributed by atoms with Crippen LogP contribution in [0, 0.1) is 6.92 Å². The predicted octanol–water partition coefficient (Wildman–Crippen LogP) is 0.532. The first-order valence-corrected chi connectivity index (χ1v) is 7.99. The van der Waals surface area contributed by atoms with E-state index < -0.39 is 46.2 Å². The zero-order valence-electron chi connectivity index (χ0n) is 15.0. The monoisotopic (exact) mass is 396 g/mol. The Hall–Kier alpha value is -3.37. The molecule has 3 rings (SSSR count). The van der Waals surface area contributed by atoms with Gasteiger partial charge in [-0.1, -0.05) is 17.7 Å². The van der Waals surface area contributed by atoms with E-state index in [2.05, 4.69) is 0 Å². The van der Waals surface area contributed by atoms with E-state index in [1.54, 1.807) is 12.2 Å². The van der Waals surface area contributed by atoms with E-state index in [0.717, 1.165) is 19.7 Å². The van der Waals surface area contributed by atoms with E-state index in [4.69, 9.17) is 0 Å². The quantitative estimate of drug-likeness (QED) is 0.773. The third-order valence-corrected chi connectivity index (χ3v) is 4.65. The fraction of sp³-hybridized carbons (Fsp3) is 0.294. The molecule has 0 spiro atoms. The van der Waals surface area contributed by atoms with Crippen molar-refractivity contribution in [3.63, 3.8) is 0 Å². The molecule has 0 aliphatic carbocycles. The summed E-state index contributed by atoms with van der Waals surface area (Å²) >= 11 is 0. The van der Waals surface area contributed by atoms with Gasteiger partial charge in [0.05, 0.1) is 0 Å². The topological polar surface area (TPSA) is 102 Å². The standard InChI is InChI=1S/C17H15F3N4O4/c1-8-4-6-9(7-5-8)12(25)22-16(17(18,19)20)10-11(21-14(16)27)23(2)15(28)24(3)13(10)26/h4-7H,1-3H3,(H,21,27)(H,22,25). The molecule has 0 saturated heterocycles. The minimum absolute atomic E-state index is 0.128. The zero-order chi connectivity index (χ0) is 21.0. The van der Waals surface area contributed by atoms with Gasteiger partial charge in [-0.15, -0.1) is 0 Å². The Bertz CT molecular complexity index is 1120. The maximum Gasteiger partial charge on any atom is 0.425 e. The lowest BCUT2D eigenvalue weighted by Crippen LogP contribution is -2.62. The highest BCUT2D eigenvalue weighted by atomic mass is 19.4. The molecule has 1 aromatic carbocycles. The Morgan fingerprint density at radius 2 is 1.64 bits per heavy atom. The van der Waals surface area contributed by atoms with Crippen LogP contribution >= 0.6 is 0 Å². The summed E-state index contributed by atoms with van der Waals surface area (Å²) in [6, 6.07) is 5.61. The fourth-order valence-corrected chi connectivity index (χ4v) is 3.05. The van der Waals surface area contributed by atoms with E-state index in [1.165, 1.54) is 24.3 Å². The first-order valence-electron chi connectivity index (χ1n) is 7.99. The fourth-order valence-electron chi connectivity index (χ4n) is 3.05. The number of benzene rings is 1. The summed E-state index contributed by atoms with van der Waals surface area (Å²) in [5, 5.41) is 3.60. The number of rotatable bonds is 2. The zero-order valence-corrected chi connectivity index (χ0v) is 15.0. The second-order valence-electron chi connectivity index (χ2n) is 6.45. The summed E-state index contributed by atoms with van der Waals surface area (Å²) in [4.78, 5) is 49.4. The molecule has 148 valence electrons. The number of anilines is 1. The van der Waals surface area contributed by atoms with Gasteiger partial charge < -0.3 is 10.6 Å². The van der Waals surface area contributed by atoms with E-state index in [9.17, 15) is 32.3 Å². The van der Waals surface area contributed by atoms with Crippen LogP contribution in [0.1, 0.15) is 21.5 Å². The number of hydrogen-bond acceptors (Lipinski definition) is 4. The van der Waals surface area contributed by atoms with Crippen molar-refractivity contribution >= 4 is 17.6 Å². The van der Waals surface area contributed by atoms with E-state index >= 15 is 0 Å². The van der Waals surface area contributed by atoms with Crippen LogP contribution in [-0.2, 0) is 24.4 Å². The summed E-state index contributed by atoms with van der Waals surface area (Å²) in [6.45, 7) is 1.73. The summed E-state index contributed by atoms with van der Waals surface area (Å²) in [7, 11) is 2.09. The number of nitrogens with zero attached hydrogens (tertiary/aromatic N) is 2. The molecular weight excluding hydrogens is 381 g/mol. The Kier molecular flexibility index (Phi) is 4.21. The SMILES string of the molecule is Cc1ccc(C(=O)NC2(C(F)(F)F)C(=O)Nc3c2c(=O)n(C)c(=O)n3C)cc1. The second kappa shape index (κ2) is 6.08. The highest BCUT2D eigenvalue weighted by molar-refractivity contribution is 6.09. The van der Waals surface area contributed by atoms with E-state index in [1.807, 2.05) is 5.32 Å². The maximum absolute atomic E-state index is 14.1. The molecule has 28 heavy (non-hydrogen) atoms. The molecule has 2 amide bonds. The van der Waals surface area contributed by atoms with E-state index in [0.29, 0.717) is 9.13 Å². The van der Waals surface area contributed by atoms with Gasteiger partial charge in [0.15, 0.2) is 0 Å². The minimum atomic E-state index is -5.35. The Morgan fingerprint density at radius 1 is 1.07 bits per heavy atom. The molecule has 1 atom stereocenters. The van der Waals surface area contributed by atoms with Gasteiger partial charge in [0.2, 0.25) is 0 Å². The van der Waals surface area contributed by atoms with Crippen molar-refractivity contribution in [2.75, 3.05) is 5.32 Å². The molecule has 2 aromatic rings. The van der Waals surface area contributed by atoms with Crippen molar-refractivity contribution in [2.45, 2.75) is 18.6 Å². The van der Waals surface area contributed by atoms with Crippen molar-refractivity contribution in [3.8, 4) is 0 Å². The Morgan fingerprint density at radius 3 is 2.18 bits per heavy atom. The van der Waals surface area contributed by atoms with Crippen LogP contribution < -0.4 is 21.9 Å². The first-order chi connectivity index (χ1) is 12.9. The molecule has 1 unspecified atom stereocenters. The molecule has 2 heterocycles. The minimum Gasteiger partial charge on any atom is -0.326 e. The van der Waals surface area contributed by atoms with Gasteiger partial charge in [0.25, 0.3) is 22.9 Å². The molecule has 8 nitrogen and oxygen atoms in total. The molecule has 11 heteroatoms.